The number of nitrogens with zero attached hydrogens (tertiary/aromatic N) is 1. The van der Waals surface area contributed by atoms with Crippen molar-refractivity contribution < 1.29 is 23.8 Å². The molecule has 1 aromatic carbocycles. The summed E-state index contributed by atoms with van der Waals surface area (Å²) in [6.07, 6.45) is 4.29. The molecule has 0 N–H and O–H groups in total. The summed E-state index contributed by atoms with van der Waals surface area (Å²) in [7, 11) is 0. The van der Waals surface area contributed by atoms with Gasteiger partial charge < -0.3 is 19.1 Å². The number of aryl methyl sites for hydroxylation is 1. The maximum atomic E-state index is 12.7. The Morgan fingerprint density at radius 2 is 2.08 bits per heavy atom. The number of esters is 1. The van der Waals surface area contributed by atoms with Gasteiger partial charge in [0.1, 0.15) is 0 Å². The number of hydrogen-bond acceptors (Lipinski definition) is 5. The van der Waals surface area contributed by atoms with Crippen LogP contribution >= 0.6 is 0 Å². The van der Waals surface area contributed by atoms with Gasteiger partial charge in [0.25, 0.3) is 0 Å². The van der Waals surface area contributed by atoms with Crippen LogP contribution in [0.2, 0.25) is 0 Å². The van der Waals surface area contributed by atoms with E-state index in [1.807, 2.05) is 23.1 Å². The number of amides is 1. The fraction of sp³-hybridized carbons (Fsp3) is 0.579. The molecule has 1 saturated heterocycles. The highest BCUT2D eigenvalue weighted by molar-refractivity contribution is 5.78. The molecule has 1 fully saturated rings. The van der Waals surface area contributed by atoms with Crippen molar-refractivity contribution >= 4 is 11.9 Å². The molecule has 0 aromatic heterocycles. The minimum absolute atomic E-state index is 0.0305. The van der Waals surface area contributed by atoms with Gasteiger partial charge in [-0.2, -0.15) is 0 Å². The molecule has 6 nitrogen and oxygen atoms in total. The minimum Gasteiger partial charge on any atom is -0.466 e. The van der Waals surface area contributed by atoms with E-state index >= 15 is 0 Å². The number of rotatable bonds is 6. The van der Waals surface area contributed by atoms with Crippen molar-refractivity contribution in [3.8, 4) is 11.5 Å². The first-order valence-corrected chi connectivity index (χ1v) is 9.01. The molecule has 25 heavy (non-hydrogen) atoms. The smallest absolute Gasteiger partial charge is 0.307 e. The van der Waals surface area contributed by atoms with Crippen LogP contribution in [0.1, 0.15) is 44.6 Å². The van der Waals surface area contributed by atoms with Gasteiger partial charge in [-0.1, -0.05) is 6.07 Å². The van der Waals surface area contributed by atoms with Crippen molar-refractivity contribution in [1.29, 1.82) is 0 Å². The number of benzene rings is 1. The molecule has 0 spiro atoms. The molecule has 136 valence electrons. The quantitative estimate of drug-likeness (QED) is 0.740. The van der Waals surface area contributed by atoms with Crippen LogP contribution in [0.15, 0.2) is 18.2 Å². The molecular formula is C19H25NO5. The van der Waals surface area contributed by atoms with Crippen molar-refractivity contribution in [2.75, 3.05) is 19.9 Å². The van der Waals surface area contributed by atoms with E-state index in [4.69, 9.17) is 14.2 Å². The Morgan fingerprint density at radius 1 is 1.24 bits per heavy atom. The predicted molar refractivity (Wildman–Crippen MR) is 91.5 cm³/mol. The summed E-state index contributed by atoms with van der Waals surface area (Å²) in [5, 5.41) is 0. The fourth-order valence-electron chi connectivity index (χ4n) is 3.44. The van der Waals surface area contributed by atoms with Crippen molar-refractivity contribution in [2.24, 2.45) is 0 Å². The van der Waals surface area contributed by atoms with Crippen LogP contribution in [-0.2, 0) is 20.7 Å². The fourth-order valence-corrected chi connectivity index (χ4v) is 3.44. The molecule has 0 saturated carbocycles. The number of fused-ring (bicyclic) bond motifs is 1. The van der Waals surface area contributed by atoms with Crippen molar-refractivity contribution in [2.45, 2.75) is 51.5 Å². The van der Waals surface area contributed by atoms with E-state index in [9.17, 15) is 9.59 Å². The van der Waals surface area contributed by atoms with E-state index in [1.165, 1.54) is 0 Å². The first kappa shape index (κ1) is 17.6. The summed E-state index contributed by atoms with van der Waals surface area (Å²) in [4.78, 5) is 26.3. The van der Waals surface area contributed by atoms with E-state index in [2.05, 4.69) is 0 Å². The predicted octanol–water partition coefficient (Wildman–Crippen LogP) is 2.68. The molecule has 6 heteroatoms. The average Bonchev–Trinajstić information content (AvgIpc) is 3.08. The molecule has 2 aliphatic heterocycles. The van der Waals surface area contributed by atoms with Gasteiger partial charge in [-0.3, -0.25) is 9.59 Å². The molecule has 0 aliphatic carbocycles. The molecule has 1 aromatic rings. The third kappa shape index (κ3) is 4.44. The lowest BCUT2D eigenvalue weighted by Gasteiger charge is -2.35. The normalized spacial score (nSPS) is 18.9. The molecule has 1 atom stereocenters. The molecule has 0 bridgehead atoms. The molecule has 1 unspecified atom stereocenters. The van der Waals surface area contributed by atoms with Gasteiger partial charge in [0.05, 0.1) is 13.0 Å². The first-order valence-electron chi connectivity index (χ1n) is 9.01. The Kier molecular flexibility index (Phi) is 5.79. The van der Waals surface area contributed by atoms with Gasteiger partial charge in [-0.25, -0.2) is 0 Å². The Balaban J connectivity index is 1.56. The second-order valence-electron chi connectivity index (χ2n) is 6.43. The zero-order valence-corrected chi connectivity index (χ0v) is 14.7. The van der Waals surface area contributed by atoms with Crippen molar-refractivity contribution in [3.05, 3.63) is 23.8 Å². The number of piperidine rings is 1. The largest absolute Gasteiger partial charge is 0.466 e. The van der Waals surface area contributed by atoms with Gasteiger partial charge >= 0.3 is 5.97 Å². The molecule has 2 aliphatic rings. The summed E-state index contributed by atoms with van der Waals surface area (Å²) < 4.78 is 15.7. The van der Waals surface area contributed by atoms with Gasteiger partial charge in [0.2, 0.25) is 12.7 Å². The third-order valence-electron chi connectivity index (χ3n) is 4.72. The summed E-state index contributed by atoms with van der Waals surface area (Å²) in [5.74, 6) is 1.37. The van der Waals surface area contributed by atoms with Crippen molar-refractivity contribution in [1.82, 2.24) is 4.90 Å². The van der Waals surface area contributed by atoms with Crippen LogP contribution in [0.4, 0.5) is 0 Å². The zero-order chi connectivity index (χ0) is 17.6. The number of ether oxygens (including phenoxy) is 3. The lowest BCUT2D eigenvalue weighted by Crippen LogP contribution is -2.45. The highest BCUT2D eigenvalue weighted by atomic mass is 16.7. The Hall–Kier alpha value is -2.24. The maximum absolute atomic E-state index is 12.7. The number of carbonyl (C=O) groups excluding carboxylic acids is 2. The van der Waals surface area contributed by atoms with Gasteiger partial charge in [-0.15, -0.1) is 0 Å². The van der Waals surface area contributed by atoms with Crippen LogP contribution in [0.5, 0.6) is 11.5 Å². The lowest BCUT2D eigenvalue weighted by atomic mass is 9.98. The average molecular weight is 347 g/mol. The minimum atomic E-state index is -0.219. The number of likely N-dealkylation sites (tertiary alicyclic amines) is 1. The SMILES string of the molecule is CCOC(=O)CC1CCCCN1C(=O)CCc1ccc2c(c1)OCO2. The third-order valence-corrected chi connectivity index (χ3v) is 4.72. The Morgan fingerprint density at radius 3 is 2.92 bits per heavy atom. The highest BCUT2D eigenvalue weighted by Gasteiger charge is 2.28. The monoisotopic (exact) mass is 347 g/mol. The van der Waals surface area contributed by atoms with Crippen LogP contribution < -0.4 is 9.47 Å². The van der Waals surface area contributed by atoms with Crippen LogP contribution in [-0.4, -0.2) is 42.8 Å². The summed E-state index contributed by atoms with van der Waals surface area (Å²) in [6.45, 7) is 3.15. The van der Waals surface area contributed by atoms with Crippen LogP contribution in [0.3, 0.4) is 0 Å². The van der Waals surface area contributed by atoms with Gasteiger partial charge in [-0.05, 0) is 50.3 Å². The Bertz CT molecular complexity index is 630. The second kappa shape index (κ2) is 8.23. The van der Waals surface area contributed by atoms with E-state index in [0.29, 0.717) is 25.9 Å². The van der Waals surface area contributed by atoms with Gasteiger partial charge in [0.15, 0.2) is 11.5 Å². The molecule has 1 amide bonds. The highest BCUT2D eigenvalue weighted by Crippen LogP contribution is 2.33. The summed E-state index contributed by atoms with van der Waals surface area (Å²) in [6, 6.07) is 5.75. The zero-order valence-electron chi connectivity index (χ0n) is 14.7. The van der Waals surface area contributed by atoms with E-state index in [-0.39, 0.29) is 24.7 Å². The second-order valence-corrected chi connectivity index (χ2v) is 6.43. The van der Waals surface area contributed by atoms with Crippen LogP contribution in [0.25, 0.3) is 0 Å². The van der Waals surface area contributed by atoms with E-state index in [1.54, 1.807) is 6.92 Å². The molecule has 2 heterocycles. The van der Waals surface area contributed by atoms with Crippen molar-refractivity contribution in [3.63, 3.8) is 0 Å². The lowest BCUT2D eigenvalue weighted by molar-refractivity contribution is -0.146. The van der Waals surface area contributed by atoms with E-state index in [0.717, 1.165) is 42.9 Å². The van der Waals surface area contributed by atoms with Gasteiger partial charge in [0, 0.05) is 19.0 Å². The Labute approximate surface area is 148 Å². The maximum Gasteiger partial charge on any atom is 0.307 e. The summed E-state index contributed by atoms with van der Waals surface area (Å²) >= 11 is 0. The number of carbonyl (C=O) groups is 2. The number of hydrogen-bond donors (Lipinski definition) is 0. The first-order chi connectivity index (χ1) is 12.2. The summed E-state index contributed by atoms with van der Waals surface area (Å²) in [5.41, 5.74) is 1.05. The molecule has 0 radical (unpaired) electrons. The van der Waals surface area contributed by atoms with E-state index < -0.39 is 0 Å². The molecule has 3 rings (SSSR count). The standard InChI is InChI=1S/C19H25NO5/c1-2-23-19(22)12-15-5-3-4-10-20(15)18(21)9-7-14-6-8-16-17(11-14)25-13-24-16/h6,8,11,15H,2-5,7,9-10,12-13H2,1H3. The molecular weight excluding hydrogens is 322 g/mol. The van der Waals surface area contributed by atoms with Crippen LogP contribution in [0, 0.1) is 0 Å². The topological polar surface area (TPSA) is 65.1 Å².